The Kier molecular flexibility index (Phi) is 6.43. The Morgan fingerprint density at radius 1 is 1.42 bits per heavy atom. The Bertz CT molecular complexity index is 774. The third-order valence-electron chi connectivity index (χ3n) is 3.42. The molecule has 2 N–H and O–H groups in total. The van der Waals surface area contributed by atoms with E-state index >= 15 is 0 Å². The normalized spacial score (nSPS) is 10.5. The van der Waals surface area contributed by atoms with Gasteiger partial charge in [0.2, 0.25) is 5.91 Å². The average molecular weight is 347 g/mol. The number of carbonyl (C=O) groups excluding carboxylic acids is 1. The van der Waals surface area contributed by atoms with Crippen molar-refractivity contribution in [2.75, 3.05) is 13.7 Å². The molecule has 0 saturated carbocycles. The minimum absolute atomic E-state index is 0.0445. The van der Waals surface area contributed by atoms with Crippen LogP contribution in [0.4, 0.5) is 0 Å². The minimum Gasteiger partial charge on any atom is -0.497 e. The van der Waals surface area contributed by atoms with E-state index in [-0.39, 0.29) is 17.9 Å². The quantitative estimate of drug-likeness (QED) is 0.592. The molecule has 1 aromatic carbocycles. The number of amides is 1. The molecule has 1 heterocycles. The molecule has 0 aliphatic heterocycles. The molecule has 0 saturated heterocycles. The molecule has 128 valence electrons. The van der Waals surface area contributed by atoms with Crippen molar-refractivity contribution in [2.45, 2.75) is 31.2 Å². The zero-order valence-corrected chi connectivity index (χ0v) is 14.8. The van der Waals surface area contributed by atoms with Crippen LogP contribution in [0.1, 0.15) is 23.7 Å². The van der Waals surface area contributed by atoms with Crippen LogP contribution < -0.4 is 15.6 Å². The largest absolute Gasteiger partial charge is 0.497 e. The number of rotatable bonds is 7. The molecule has 0 bridgehead atoms. The maximum Gasteiger partial charge on any atom is 0.255 e. The molecule has 0 radical (unpaired) electrons. The van der Waals surface area contributed by atoms with Gasteiger partial charge in [0, 0.05) is 23.6 Å². The fraction of sp³-hybridized carbons (Fsp3) is 0.353. The number of aromatic amines is 1. The van der Waals surface area contributed by atoms with Crippen LogP contribution in [0, 0.1) is 6.92 Å². The lowest BCUT2D eigenvalue weighted by Gasteiger charge is -2.08. The molecule has 7 heteroatoms. The number of aryl methyl sites for hydroxylation is 1. The smallest absolute Gasteiger partial charge is 0.255 e. The van der Waals surface area contributed by atoms with Gasteiger partial charge < -0.3 is 15.0 Å². The highest BCUT2D eigenvalue weighted by Gasteiger charge is 2.12. The Labute approximate surface area is 145 Å². The maximum absolute atomic E-state index is 12.2. The highest BCUT2D eigenvalue weighted by Crippen LogP contribution is 2.21. The van der Waals surface area contributed by atoms with Crippen molar-refractivity contribution in [2.24, 2.45) is 0 Å². The van der Waals surface area contributed by atoms with Crippen LogP contribution >= 0.6 is 11.8 Å². The molecule has 0 aliphatic carbocycles. The number of nitrogens with one attached hydrogen (secondary N) is 2. The van der Waals surface area contributed by atoms with Gasteiger partial charge in [-0.05, 0) is 31.5 Å². The third kappa shape index (κ3) is 4.86. The molecule has 1 aromatic heterocycles. The summed E-state index contributed by atoms with van der Waals surface area (Å²) in [5.74, 6) is 1.28. The first-order valence-corrected chi connectivity index (χ1v) is 8.64. The lowest BCUT2D eigenvalue weighted by molar-refractivity contribution is -0.120. The summed E-state index contributed by atoms with van der Waals surface area (Å²) in [6, 6.07) is 7.74. The van der Waals surface area contributed by atoms with E-state index in [0.717, 1.165) is 11.3 Å². The molecule has 0 atom stereocenters. The number of thioether (sulfide) groups is 1. The van der Waals surface area contributed by atoms with E-state index < -0.39 is 0 Å². The summed E-state index contributed by atoms with van der Waals surface area (Å²) < 4.78 is 5.20. The number of hydrogen-bond acceptors (Lipinski definition) is 5. The summed E-state index contributed by atoms with van der Waals surface area (Å²) in [6.45, 7) is 4.13. The number of hydrogen-bond donors (Lipinski definition) is 2. The lowest BCUT2D eigenvalue weighted by Crippen LogP contribution is -2.28. The zero-order valence-electron chi connectivity index (χ0n) is 14.0. The van der Waals surface area contributed by atoms with Gasteiger partial charge in [-0.1, -0.05) is 23.9 Å². The summed E-state index contributed by atoms with van der Waals surface area (Å²) in [7, 11) is 1.63. The molecule has 24 heavy (non-hydrogen) atoms. The summed E-state index contributed by atoms with van der Waals surface area (Å²) in [6.07, 6.45) is 0.0445. The number of H-pyrrole nitrogens is 1. The second kappa shape index (κ2) is 8.54. The molecular formula is C17H21N3O3S. The highest BCUT2D eigenvalue weighted by molar-refractivity contribution is 7.98. The molecule has 0 spiro atoms. The van der Waals surface area contributed by atoms with Gasteiger partial charge in [0.05, 0.1) is 13.5 Å². The van der Waals surface area contributed by atoms with Crippen molar-refractivity contribution < 1.29 is 9.53 Å². The summed E-state index contributed by atoms with van der Waals surface area (Å²) in [5.41, 5.74) is 1.80. The Balaban J connectivity index is 2.09. The van der Waals surface area contributed by atoms with Crippen LogP contribution in [0.3, 0.4) is 0 Å². The van der Waals surface area contributed by atoms with Gasteiger partial charge in [-0.2, -0.15) is 0 Å². The van der Waals surface area contributed by atoms with Crippen LogP contribution in [0.5, 0.6) is 5.75 Å². The summed E-state index contributed by atoms with van der Waals surface area (Å²) >= 11 is 1.44. The fourth-order valence-electron chi connectivity index (χ4n) is 2.20. The van der Waals surface area contributed by atoms with E-state index in [1.165, 1.54) is 11.8 Å². The van der Waals surface area contributed by atoms with Crippen molar-refractivity contribution >= 4 is 17.7 Å². The average Bonchev–Trinajstić information content (AvgIpc) is 2.57. The molecule has 2 rings (SSSR count). The van der Waals surface area contributed by atoms with Crippen molar-refractivity contribution in [3.05, 3.63) is 51.4 Å². The van der Waals surface area contributed by atoms with E-state index in [4.69, 9.17) is 4.74 Å². The number of likely N-dealkylation sites (N-methyl/N-ethyl adjacent to an activating group) is 1. The summed E-state index contributed by atoms with van der Waals surface area (Å²) in [5, 5.41) is 3.23. The predicted molar refractivity (Wildman–Crippen MR) is 94.5 cm³/mol. The van der Waals surface area contributed by atoms with Crippen LogP contribution in [0.25, 0.3) is 0 Å². The van der Waals surface area contributed by atoms with Gasteiger partial charge in [-0.15, -0.1) is 0 Å². The molecule has 0 aliphatic rings. The van der Waals surface area contributed by atoms with Gasteiger partial charge in [0.1, 0.15) is 5.75 Å². The van der Waals surface area contributed by atoms with Gasteiger partial charge in [-0.25, -0.2) is 4.98 Å². The maximum atomic E-state index is 12.2. The van der Waals surface area contributed by atoms with Gasteiger partial charge in [0.25, 0.3) is 5.56 Å². The number of nitrogens with zero attached hydrogens (tertiary/aromatic N) is 1. The predicted octanol–water partition coefficient (Wildman–Crippen LogP) is 2.06. The van der Waals surface area contributed by atoms with E-state index in [1.807, 2.05) is 31.2 Å². The Morgan fingerprint density at radius 3 is 2.88 bits per heavy atom. The van der Waals surface area contributed by atoms with Crippen LogP contribution in [0.15, 0.2) is 34.2 Å². The molecule has 1 amide bonds. The van der Waals surface area contributed by atoms with Crippen LogP contribution in [-0.4, -0.2) is 29.5 Å². The minimum atomic E-state index is -0.262. The van der Waals surface area contributed by atoms with Crippen molar-refractivity contribution in [1.82, 2.24) is 15.3 Å². The Morgan fingerprint density at radius 2 is 2.21 bits per heavy atom. The zero-order chi connectivity index (χ0) is 17.5. The number of methoxy groups -OCH3 is 1. The monoisotopic (exact) mass is 347 g/mol. The highest BCUT2D eigenvalue weighted by atomic mass is 32.2. The van der Waals surface area contributed by atoms with Gasteiger partial charge in [-0.3, -0.25) is 9.59 Å². The summed E-state index contributed by atoms with van der Waals surface area (Å²) in [4.78, 5) is 31.0. The third-order valence-corrected chi connectivity index (χ3v) is 4.37. The van der Waals surface area contributed by atoms with Gasteiger partial charge >= 0.3 is 0 Å². The fourth-order valence-corrected chi connectivity index (χ4v) is 3.04. The second-order valence-electron chi connectivity index (χ2n) is 5.21. The first-order chi connectivity index (χ1) is 11.5. The van der Waals surface area contributed by atoms with Crippen LogP contribution in [-0.2, 0) is 17.0 Å². The van der Waals surface area contributed by atoms with Crippen molar-refractivity contribution in [3.63, 3.8) is 0 Å². The molecule has 2 aromatic rings. The lowest BCUT2D eigenvalue weighted by atomic mass is 10.1. The SMILES string of the molecule is CCNC(=O)Cc1c(C)nc(SCc2cccc(OC)c2)[nH]c1=O. The van der Waals surface area contributed by atoms with Crippen LogP contribution in [0.2, 0.25) is 0 Å². The van der Waals surface area contributed by atoms with Crippen molar-refractivity contribution in [3.8, 4) is 5.75 Å². The van der Waals surface area contributed by atoms with E-state index in [2.05, 4.69) is 15.3 Å². The standard InChI is InChI=1S/C17H21N3O3S/c1-4-18-15(21)9-14-11(2)19-17(20-16(14)22)24-10-12-6-5-7-13(8-12)23-3/h5-8H,4,9-10H2,1-3H3,(H,18,21)(H,19,20,22). The van der Waals surface area contributed by atoms with E-state index in [1.54, 1.807) is 14.0 Å². The second-order valence-corrected chi connectivity index (χ2v) is 6.17. The van der Waals surface area contributed by atoms with Gasteiger partial charge in [0.15, 0.2) is 5.16 Å². The number of ether oxygens (including phenoxy) is 1. The molecule has 6 nitrogen and oxygen atoms in total. The first kappa shape index (κ1) is 18.1. The molecular weight excluding hydrogens is 326 g/mol. The molecule has 0 fully saturated rings. The van der Waals surface area contributed by atoms with Crippen molar-refractivity contribution in [1.29, 1.82) is 0 Å². The van der Waals surface area contributed by atoms with E-state index in [9.17, 15) is 9.59 Å². The number of carbonyl (C=O) groups is 1. The van der Waals surface area contributed by atoms with E-state index in [0.29, 0.717) is 28.7 Å². The topological polar surface area (TPSA) is 84.1 Å². The first-order valence-electron chi connectivity index (χ1n) is 7.65. The number of benzene rings is 1. The number of aromatic nitrogens is 2. The Hall–Kier alpha value is -2.28. The molecule has 0 unspecified atom stereocenters.